The van der Waals surface area contributed by atoms with Crippen molar-refractivity contribution in [2.24, 2.45) is 5.92 Å². The number of anilines is 2. The molecule has 0 spiro atoms. The van der Waals surface area contributed by atoms with E-state index in [1.807, 2.05) is 24.3 Å². The SMILES string of the molecule is COC(=O)c1cc(-c2ccc(NC(=O)C3CC3)cc2)[nH]c1N. The van der Waals surface area contributed by atoms with Crippen molar-refractivity contribution in [3.63, 3.8) is 0 Å². The normalized spacial score (nSPS) is 13.7. The molecule has 0 aliphatic heterocycles. The first-order valence-electron chi connectivity index (χ1n) is 7.06. The highest BCUT2D eigenvalue weighted by Crippen LogP contribution is 2.30. The van der Waals surface area contributed by atoms with Crippen molar-refractivity contribution in [2.75, 3.05) is 18.2 Å². The number of carbonyl (C=O) groups excluding carboxylic acids is 2. The van der Waals surface area contributed by atoms with Crippen LogP contribution in [0.25, 0.3) is 11.3 Å². The average Bonchev–Trinajstić information content (AvgIpc) is 3.30. The molecule has 0 unspecified atom stereocenters. The molecule has 0 atom stereocenters. The van der Waals surface area contributed by atoms with Crippen molar-refractivity contribution < 1.29 is 14.3 Å². The van der Waals surface area contributed by atoms with Gasteiger partial charge in [-0.05, 0) is 36.6 Å². The highest BCUT2D eigenvalue weighted by molar-refractivity contribution is 5.96. The maximum atomic E-state index is 11.7. The molecule has 1 aromatic heterocycles. The molecule has 1 aromatic carbocycles. The highest BCUT2D eigenvalue weighted by atomic mass is 16.5. The molecule has 6 nitrogen and oxygen atoms in total. The lowest BCUT2D eigenvalue weighted by molar-refractivity contribution is -0.117. The summed E-state index contributed by atoms with van der Waals surface area (Å²) in [6.45, 7) is 0. The fourth-order valence-electron chi connectivity index (χ4n) is 2.23. The molecule has 4 N–H and O–H groups in total. The summed E-state index contributed by atoms with van der Waals surface area (Å²) in [6, 6.07) is 9.01. The van der Waals surface area contributed by atoms with Gasteiger partial charge in [-0.25, -0.2) is 4.79 Å². The maximum absolute atomic E-state index is 11.7. The zero-order chi connectivity index (χ0) is 15.7. The highest BCUT2D eigenvalue weighted by Gasteiger charge is 2.29. The number of aromatic amines is 1. The Bertz CT molecular complexity index is 715. The van der Waals surface area contributed by atoms with Gasteiger partial charge in [-0.1, -0.05) is 12.1 Å². The first-order chi connectivity index (χ1) is 10.6. The van der Waals surface area contributed by atoms with E-state index in [1.165, 1.54) is 7.11 Å². The monoisotopic (exact) mass is 299 g/mol. The van der Waals surface area contributed by atoms with Crippen LogP contribution in [0.15, 0.2) is 30.3 Å². The molecule has 22 heavy (non-hydrogen) atoms. The molecular weight excluding hydrogens is 282 g/mol. The standard InChI is InChI=1S/C16H17N3O3/c1-22-16(21)12-8-13(19-14(12)17)9-4-6-11(7-5-9)18-15(20)10-2-3-10/h4-8,10,19H,2-3,17H2,1H3,(H,18,20). The molecule has 1 saturated carbocycles. The molecule has 114 valence electrons. The largest absolute Gasteiger partial charge is 0.465 e. The van der Waals surface area contributed by atoms with Gasteiger partial charge in [0.05, 0.1) is 7.11 Å². The molecule has 6 heteroatoms. The maximum Gasteiger partial charge on any atom is 0.341 e. The zero-order valence-electron chi connectivity index (χ0n) is 12.2. The van der Waals surface area contributed by atoms with Crippen molar-refractivity contribution in [1.82, 2.24) is 4.98 Å². The molecule has 2 aromatic rings. The summed E-state index contributed by atoms with van der Waals surface area (Å²) in [5.41, 5.74) is 8.43. The van der Waals surface area contributed by atoms with Crippen molar-refractivity contribution in [2.45, 2.75) is 12.8 Å². The van der Waals surface area contributed by atoms with E-state index in [0.717, 1.165) is 29.8 Å². The molecule has 1 aliphatic rings. The molecule has 1 aliphatic carbocycles. The molecule has 1 amide bonds. The minimum Gasteiger partial charge on any atom is -0.465 e. The fourth-order valence-corrected chi connectivity index (χ4v) is 2.23. The van der Waals surface area contributed by atoms with E-state index in [2.05, 4.69) is 15.0 Å². The van der Waals surface area contributed by atoms with Crippen LogP contribution in [0.4, 0.5) is 11.5 Å². The van der Waals surface area contributed by atoms with E-state index in [-0.39, 0.29) is 17.6 Å². The van der Waals surface area contributed by atoms with Gasteiger partial charge in [-0.2, -0.15) is 0 Å². The van der Waals surface area contributed by atoms with Crippen LogP contribution in [0.5, 0.6) is 0 Å². The Balaban J connectivity index is 1.77. The third-order valence-corrected chi connectivity index (χ3v) is 3.67. The molecular formula is C16H17N3O3. The Morgan fingerprint density at radius 3 is 2.55 bits per heavy atom. The van der Waals surface area contributed by atoms with Gasteiger partial charge in [0, 0.05) is 17.3 Å². The minimum absolute atomic E-state index is 0.0739. The number of H-pyrrole nitrogens is 1. The number of rotatable bonds is 4. The van der Waals surface area contributed by atoms with Gasteiger partial charge < -0.3 is 20.8 Å². The number of aromatic nitrogens is 1. The predicted octanol–water partition coefficient (Wildman–Crippen LogP) is 2.40. The van der Waals surface area contributed by atoms with E-state index in [0.29, 0.717) is 5.56 Å². The number of benzene rings is 1. The van der Waals surface area contributed by atoms with Gasteiger partial charge in [0.15, 0.2) is 0 Å². The van der Waals surface area contributed by atoms with Crippen LogP contribution in [-0.4, -0.2) is 24.0 Å². The van der Waals surface area contributed by atoms with Crippen molar-refractivity contribution in [1.29, 1.82) is 0 Å². The predicted molar refractivity (Wildman–Crippen MR) is 83.3 cm³/mol. The Morgan fingerprint density at radius 1 is 1.27 bits per heavy atom. The minimum atomic E-state index is -0.478. The Hall–Kier alpha value is -2.76. The summed E-state index contributed by atoms with van der Waals surface area (Å²) in [7, 11) is 1.31. The second kappa shape index (κ2) is 5.55. The number of hydrogen-bond donors (Lipinski definition) is 3. The molecule has 1 heterocycles. The van der Waals surface area contributed by atoms with E-state index in [4.69, 9.17) is 5.73 Å². The Morgan fingerprint density at radius 2 is 1.95 bits per heavy atom. The number of esters is 1. The van der Waals surface area contributed by atoms with Gasteiger partial charge in [-0.15, -0.1) is 0 Å². The third-order valence-electron chi connectivity index (χ3n) is 3.67. The number of ether oxygens (including phenoxy) is 1. The van der Waals surface area contributed by atoms with Crippen molar-refractivity contribution in [3.05, 3.63) is 35.9 Å². The van der Waals surface area contributed by atoms with E-state index < -0.39 is 5.97 Å². The molecule has 1 fully saturated rings. The van der Waals surface area contributed by atoms with E-state index >= 15 is 0 Å². The van der Waals surface area contributed by atoms with Gasteiger partial charge in [-0.3, -0.25) is 4.79 Å². The van der Waals surface area contributed by atoms with Crippen molar-refractivity contribution in [3.8, 4) is 11.3 Å². The van der Waals surface area contributed by atoms with Crippen LogP contribution in [-0.2, 0) is 9.53 Å². The second-order valence-corrected chi connectivity index (χ2v) is 5.34. The van der Waals surface area contributed by atoms with E-state index in [1.54, 1.807) is 6.07 Å². The van der Waals surface area contributed by atoms with Crippen molar-refractivity contribution >= 4 is 23.4 Å². The Kier molecular flexibility index (Phi) is 3.58. The zero-order valence-corrected chi connectivity index (χ0v) is 12.2. The first kappa shape index (κ1) is 14.2. The summed E-state index contributed by atoms with van der Waals surface area (Å²) >= 11 is 0. The quantitative estimate of drug-likeness (QED) is 0.755. The lowest BCUT2D eigenvalue weighted by Crippen LogP contribution is -2.12. The number of hydrogen-bond acceptors (Lipinski definition) is 4. The Labute approximate surface area is 127 Å². The smallest absolute Gasteiger partial charge is 0.341 e. The third kappa shape index (κ3) is 2.81. The van der Waals surface area contributed by atoms with Crippen LogP contribution in [0.2, 0.25) is 0 Å². The number of carbonyl (C=O) groups is 2. The number of methoxy groups -OCH3 is 1. The molecule has 0 saturated heterocycles. The second-order valence-electron chi connectivity index (χ2n) is 5.34. The summed E-state index contributed by atoms with van der Waals surface area (Å²) in [5, 5.41) is 2.88. The number of nitrogen functional groups attached to an aromatic ring is 1. The van der Waals surface area contributed by atoms with Crippen LogP contribution in [0, 0.1) is 5.92 Å². The van der Waals surface area contributed by atoms with Crippen LogP contribution < -0.4 is 11.1 Å². The summed E-state index contributed by atoms with van der Waals surface area (Å²) < 4.78 is 4.67. The van der Waals surface area contributed by atoms with Crippen LogP contribution in [0.1, 0.15) is 23.2 Å². The summed E-state index contributed by atoms with van der Waals surface area (Å²) in [5.74, 6) is 0.0385. The lowest BCUT2D eigenvalue weighted by Gasteiger charge is -2.05. The molecule has 3 rings (SSSR count). The topological polar surface area (TPSA) is 97.2 Å². The lowest BCUT2D eigenvalue weighted by atomic mass is 10.1. The average molecular weight is 299 g/mol. The molecule has 0 radical (unpaired) electrons. The first-order valence-corrected chi connectivity index (χ1v) is 7.06. The van der Waals surface area contributed by atoms with Gasteiger partial charge in [0.1, 0.15) is 11.4 Å². The van der Waals surface area contributed by atoms with Gasteiger partial charge in [0.2, 0.25) is 5.91 Å². The fraction of sp³-hybridized carbons (Fsp3) is 0.250. The van der Waals surface area contributed by atoms with Crippen LogP contribution in [0.3, 0.4) is 0 Å². The summed E-state index contributed by atoms with van der Waals surface area (Å²) in [4.78, 5) is 26.2. The molecule has 0 bridgehead atoms. The number of nitrogens with two attached hydrogens (primary N) is 1. The van der Waals surface area contributed by atoms with Gasteiger partial charge in [0.25, 0.3) is 0 Å². The summed E-state index contributed by atoms with van der Waals surface area (Å²) in [6.07, 6.45) is 1.95. The van der Waals surface area contributed by atoms with E-state index in [9.17, 15) is 9.59 Å². The van der Waals surface area contributed by atoms with Crippen LogP contribution >= 0.6 is 0 Å². The number of amides is 1. The number of nitrogens with one attached hydrogen (secondary N) is 2. The van der Waals surface area contributed by atoms with Gasteiger partial charge >= 0.3 is 5.97 Å².